The molecule has 4 aliphatic rings. The molecule has 0 radical (unpaired) electrons. The van der Waals surface area contributed by atoms with Gasteiger partial charge in [-0.15, -0.1) is 0 Å². The van der Waals surface area contributed by atoms with Gasteiger partial charge in [0.2, 0.25) is 0 Å². The second-order valence-corrected chi connectivity index (χ2v) is 24.4. The monoisotopic (exact) mass is 994 g/mol. The average molecular weight is 994 g/mol. The summed E-state index contributed by atoms with van der Waals surface area (Å²) in [6.45, 7) is 16.6. The number of rotatable bonds is 6. The van der Waals surface area contributed by atoms with Gasteiger partial charge in [-0.1, -0.05) is 224 Å². The molecule has 0 spiro atoms. The van der Waals surface area contributed by atoms with Crippen LogP contribution in [-0.2, 0) is 29.1 Å². The van der Waals surface area contributed by atoms with Crippen molar-refractivity contribution in [2.75, 3.05) is 14.7 Å². The molecule has 0 fully saturated rings. The highest BCUT2D eigenvalue weighted by atomic mass is 15.3. The van der Waals surface area contributed by atoms with Gasteiger partial charge < -0.3 is 14.7 Å². The molecular formula is C73H64BN3. The van der Waals surface area contributed by atoms with E-state index in [1.165, 1.54) is 112 Å². The van der Waals surface area contributed by atoms with Crippen molar-refractivity contribution < 1.29 is 0 Å². The minimum Gasteiger partial charge on any atom is -0.334 e. The number of anilines is 8. The third kappa shape index (κ3) is 7.25. The van der Waals surface area contributed by atoms with Gasteiger partial charge in [0.05, 0.1) is 5.54 Å². The summed E-state index contributed by atoms with van der Waals surface area (Å²) in [7, 11) is 0. The van der Waals surface area contributed by atoms with Crippen molar-refractivity contribution in [1.29, 1.82) is 0 Å². The predicted molar refractivity (Wildman–Crippen MR) is 327 cm³/mol. The van der Waals surface area contributed by atoms with Gasteiger partial charge in [-0.3, -0.25) is 0 Å². The lowest BCUT2D eigenvalue weighted by atomic mass is 9.33. The molecule has 374 valence electrons. The number of para-hydroxylation sites is 1. The summed E-state index contributed by atoms with van der Waals surface area (Å²) < 4.78 is 0. The zero-order valence-electron chi connectivity index (χ0n) is 45.3. The Bertz CT molecular complexity index is 3940. The molecule has 3 nitrogen and oxygen atoms in total. The van der Waals surface area contributed by atoms with E-state index in [4.69, 9.17) is 0 Å². The molecule has 77 heavy (non-hydrogen) atoms. The Morgan fingerprint density at radius 3 is 1.53 bits per heavy atom. The van der Waals surface area contributed by atoms with Crippen LogP contribution in [0.1, 0.15) is 81.8 Å². The van der Waals surface area contributed by atoms with Gasteiger partial charge in [0.15, 0.2) is 0 Å². The first-order valence-electron chi connectivity index (χ1n) is 27.7. The minimum absolute atomic E-state index is 0.0556. The van der Waals surface area contributed by atoms with E-state index >= 15 is 0 Å². The number of benzene rings is 10. The fourth-order valence-corrected chi connectivity index (χ4v) is 14.1. The summed E-state index contributed by atoms with van der Waals surface area (Å²) >= 11 is 0. The van der Waals surface area contributed by atoms with Crippen LogP contribution in [0, 0.1) is 0 Å². The second kappa shape index (κ2) is 17.3. The largest absolute Gasteiger partial charge is 0.334 e. The highest BCUT2D eigenvalue weighted by Gasteiger charge is 2.62. The minimum atomic E-state index is -0.416. The molecular weight excluding hydrogens is 930 g/mol. The van der Waals surface area contributed by atoms with Crippen molar-refractivity contribution in [1.82, 2.24) is 0 Å². The average Bonchev–Trinajstić information content (AvgIpc) is 3.92. The predicted octanol–water partition coefficient (Wildman–Crippen LogP) is 16.7. The van der Waals surface area contributed by atoms with E-state index in [0.717, 1.165) is 18.5 Å². The Kier molecular flexibility index (Phi) is 10.6. The van der Waals surface area contributed by atoms with Gasteiger partial charge in [0.1, 0.15) is 0 Å². The molecule has 0 bridgehead atoms. The van der Waals surface area contributed by atoms with Crippen LogP contribution in [0.4, 0.5) is 45.5 Å². The molecule has 3 heterocycles. The Morgan fingerprint density at radius 1 is 0.377 bits per heavy atom. The quantitative estimate of drug-likeness (QED) is 0.154. The van der Waals surface area contributed by atoms with Crippen molar-refractivity contribution in [2.24, 2.45) is 0 Å². The van der Waals surface area contributed by atoms with Gasteiger partial charge in [-0.25, -0.2) is 0 Å². The van der Waals surface area contributed by atoms with Gasteiger partial charge in [-0.2, -0.15) is 0 Å². The first-order chi connectivity index (χ1) is 37.3. The van der Waals surface area contributed by atoms with Crippen molar-refractivity contribution in [3.05, 3.63) is 270 Å². The summed E-state index contributed by atoms with van der Waals surface area (Å²) in [6, 6.07) is 90.3. The van der Waals surface area contributed by atoms with Crippen LogP contribution in [0.2, 0.25) is 0 Å². The fourth-order valence-electron chi connectivity index (χ4n) is 14.1. The van der Waals surface area contributed by atoms with Crippen molar-refractivity contribution in [3.8, 4) is 22.3 Å². The molecule has 10 aromatic carbocycles. The molecule has 1 aliphatic carbocycles. The van der Waals surface area contributed by atoms with Gasteiger partial charge in [-0.05, 0) is 157 Å². The lowest BCUT2D eigenvalue weighted by Gasteiger charge is -2.53. The Morgan fingerprint density at radius 2 is 0.883 bits per heavy atom. The van der Waals surface area contributed by atoms with Crippen LogP contribution < -0.4 is 31.1 Å². The lowest BCUT2D eigenvalue weighted by molar-refractivity contribution is 0.281. The van der Waals surface area contributed by atoms with Crippen LogP contribution in [0.25, 0.3) is 22.3 Å². The standard InChI is InChI=1S/C73H64BN3/c1-70(2,3)56-32-22-34-59(43-56)76-66-44-57(71(4,5)6)38-40-63(66)74-62-39-37-52(50-25-13-9-14-26-50)42-65(62)75(58-33-21-29-51(41-58)49-23-11-8-12-24-49)67-45-60(46-68(76)69(67)74)77-64-36-20-19-35-61(64)73(55-30-15-10-16-31-55)48-54-28-18-17-27-53(54)47-72(73,77)7/h8-46H,47-48H2,1-7H3. The SMILES string of the molecule is CC(C)(C)c1cccc(N2c3cc(C(C)(C)C)ccc3B3c4ccc(-c5ccccc5)cc4N(c4cccc(-c5ccccc5)c4)c4cc(N5c6ccccc6C6(c7ccccc7)Cc7ccccc7CC56C)cc2c43)c1. The van der Waals surface area contributed by atoms with E-state index in [1.807, 2.05) is 0 Å². The van der Waals surface area contributed by atoms with Crippen LogP contribution in [-0.4, -0.2) is 12.3 Å². The zero-order valence-corrected chi connectivity index (χ0v) is 45.3. The normalized spacial score (nSPS) is 18.0. The van der Waals surface area contributed by atoms with Crippen molar-refractivity contribution in [3.63, 3.8) is 0 Å². The molecule has 10 aromatic rings. The van der Waals surface area contributed by atoms with Gasteiger partial charge in [0.25, 0.3) is 6.71 Å². The fraction of sp³-hybridized carbons (Fsp3) is 0.178. The molecule has 0 N–H and O–H groups in total. The first-order valence-corrected chi connectivity index (χ1v) is 27.7. The highest BCUT2D eigenvalue weighted by Crippen LogP contribution is 2.63. The van der Waals surface area contributed by atoms with E-state index in [-0.39, 0.29) is 23.0 Å². The van der Waals surface area contributed by atoms with E-state index in [9.17, 15) is 0 Å². The second-order valence-electron chi connectivity index (χ2n) is 24.4. The number of nitrogens with zero attached hydrogens (tertiary/aromatic N) is 3. The highest BCUT2D eigenvalue weighted by molar-refractivity contribution is 7.00. The summed E-state index contributed by atoms with van der Waals surface area (Å²) in [4.78, 5) is 8.05. The molecule has 0 saturated heterocycles. The molecule has 0 amide bonds. The van der Waals surface area contributed by atoms with E-state index in [0.29, 0.717) is 0 Å². The molecule has 2 unspecified atom stereocenters. The number of hydrogen-bond acceptors (Lipinski definition) is 3. The van der Waals surface area contributed by atoms with Crippen LogP contribution in [0.3, 0.4) is 0 Å². The Hall–Kier alpha value is -8.34. The molecule has 2 atom stereocenters. The third-order valence-corrected chi connectivity index (χ3v) is 17.9. The van der Waals surface area contributed by atoms with Gasteiger partial charge >= 0.3 is 0 Å². The van der Waals surface area contributed by atoms with E-state index < -0.39 is 5.54 Å². The number of fused-ring (bicyclic) bond motifs is 8. The maximum atomic E-state index is 2.79. The van der Waals surface area contributed by atoms with Crippen LogP contribution in [0.5, 0.6) is 0 Å². The third-order valence-electron chi connectivity index (χ3n) is 17.9. The van der Waals surface area contributed by atoms with Crippen molar-refractivity contribution >= 4 is 68.6 Å². The van der Waals surface area contributed by atoms with Crippen molar-refractivity contribution in [2.45, 2.75) is 83.1 Å². The van der Waals surface area contributed by atoms with E-state index in [2.05, 4.69) is 300 Å². The maximum absolute atomic E-state index is 2.79. The van der Waals surface area contributed by atoms with Crippen LogP contribution >= 0.6 is 0 Å². The molecule has 0 aromatic heterocycles. The molecule has 4 heteroatoms. The molecule has 0 saturated carbocycles. The smallest absolute Gasteiger partial charge is 0.252 e. The number of hydrogen-bond donors (Lipinski definition) is 0. The summed E-state index contributed by atoms with van der Waals surface area (Å²) in [5, 5.41) is 0. The van der Waals surface area contributed by atoms with Crippen LogP contribution in [0.15, 0.2) is 237 Å². The molecule has 14 rings (SSSR count). The Labute approximate surface area is 456 Å². The topological polar surface area (TPSA) is 9.72 Å². The summed E-state index contributed by atoms with van der Waals surface area (Å²) in [5.41, 5.74) is 25.6. The van der Waals surface area contributed by atoms with E-state index in [1.54, 1.807) is 0 Å². The Balaban J connectivity index is 1.12. The summed E-state index contributed by atoms with van der Waals surface area (Å²) in [5.74, 6) is 0. The lowest BCUT2D eigenvalue weighted by Crippen LogP contribution is -2.62. The molecule has 3 aliphatic heterocycles. The van der Waals surface area contributed by atoms with Gasteiger partial charge in [0, 0.05) is 50.9 Å². The summed E-state index contributed by atoms with van der Waals surface area (Å²) in [6.07, 6.45) is 1.78. The zero-order chi connectivity index (χ0) is 52.4. The first kappa shape index (κ1) is 47.1. The maximum Gasteiger partial charge on any atom is 0.252 e.